The van der Waals surface area contributed by atoms with Crippen LogP contribution in [0.1, 0.15) is 30.3 Å². The highest BCUT2D eigenvalue weighted by molar-refractivity contribution is 6.32. The van der Waals surface area contributed by atoms with Gasteiger partial charge in [0.2, 0.25) is 0 Å². The summed E-state index contributed by atoms with van der Waals surface area (Å²) < 4.78 is 11.8. The molecule has 0 fully saturated rings. The molecule has 4 aromatic rings. The van der Waals surface area contributed by atoms with Crippen LogP contribution in [0.5, 0.6) is 11.5 Å². The molecule has 1 aromatic heterocycles. The van der Waals surface area contributed by atoms with E-state index in [1.807, 2.05) is 67.6 Å². The fraction of sp³-hybridized carbons (Fsp3) is 0.269. The molecule has 0 radical (unpaired) electrons. The molecule has 0 atom stereocenters. The predicted octanol–water partition coefficient (Wildman–Crippen LogP) is 6.57. The molecule has 0 amide bonds. The first-order valence-corrected chi connectivity index (χ1v) is 11.8. The van der Waals surface area contributed by atoms with Gasteiger partial charge in [0, 0.05) is 18.0 Å². The number of aromatic amines is 1. The number of ether oxygens (including phenoxy) is 2. The molecule has 1 heterocycles. The highest BCUT2D eigenvalue weighted by Crippen LogP contribution is 2.37. The molecular weight excluding hydrogens is 457 g/mol. The lowest BCUT2D eigenvalue weighted by Crippen LogP contribution is -2.15. The number of benzene rings is 3. The Bertz CT molecular complexity index is 1160. The van der Waals surface area contributed by atoms with Crippen LogP contribution in [0.4, 0.5) is 0 Å². The van der Waals surface area contributed by atoms with Crippen LogP contribution in [0.2, 0.25) is 10.0 Å². The highest BCUT2D eigenvalue weighted by Gasteiger charge is 2.13. The van der Waals surface area contributed by atoms with Gasteiger partial charge < -0.3 is 19.8 Å². The lowest BCUT2D eigenvalue weighted by Gasteiger charge is -2.16. The van der Waals surface area contributed by atoms with Gasteiger partial charge in [0.1, 0.15) is 12.4 Å². The highest BCUT2D eigenvalue weighted by atomic mass is 35.5. The molecule has 0 spiro atoms. The molecule has 172 valence electrons. The summed E-state index contributed by atoms with van der Waals surface area (Å²) in [6.07, 6.45) is 1.87. The van der Waals surface area contributed by atoms with Crippen molar-refractivity contribution in [2.75, 3.05) is 13.2 Å². The molecule has 4 rings (SSSR count). The van der Waals surface area contributed by atoms with Crippen molar-refractivity contribution in [3.8, 4) is 11.5 Å². The number of H-pyrrole nitrogens is 1. The molecule has 2 N–H and O–H groups in total. The van der Waals surface area contributed by atoms with Crippen LogP contribution in [-0.4, -0.2) is 23.1 Å². The van der Waals surface area contributed by atoms with Gasteiger partial charge in [0.05, 0.1) is 22.7 Å². The van der Waals surface area contributed by atoms with Crippen LogP contribution in [0.25, 0.3) is 11.0 Å². The van der Waals surface area contributed by atoms with Crippen LogP contribution in [0.15, 0.2) is 60.7 Å². The standard InChI is InChI=1S/C26H27Cl2N3O2/c1-2-32-24-15-19(14-21(28)26(24)33-17-18-9-11-20(27)12-10-18)16-29-13-5-8-25-30-22-6-3-4-7-23(22)31-25/h3-4,6-7,9-12,14-15,29H,2,5,8,13,16-17H2,1H3,(H,30,31). The van der Waals surface area contributed by atoms with Gasteiger partial charge in [-0.3, -0.25) is 0 Å². The van der Waals surface area contributed by atoms with Crippen molar-refractivity contribution in [1.29, 1.82) is 0 Å². The number of nitrogens with zero attached hydrogens (tertiary/aromatic N) is 1. The van der Waals surface area contributed by atoms with Gasteiger partial charge in [-0.05, 0) is 67.4 Å². The van der Waals surface area contributed by atoms with E-state index in [4.69, 9.17) is 32.7 Å². The van der Waals surface area contributed by atoms with E-state index in [2.05, 4.69) is 15.3 Å². The summed E-state index contributed by atoms with van der Waals surface area (Å²) in [5.74, 6) is 2.22. The SMILES string of the molecule is CCOc1cc(CNCCCc2nc3ccccc3[nH]2)cc(Cl)c1OCc1ccc(Cl)cc1. The van der Waals surface area contributed by atoms with Crippen molar-refractivity contribution in [3.05, 3.63) is 87.7 Å². The smallest absolute Gasteiger partial charge is 0.180 e. The molecule has 33 heavy (non-hydrogen) atoms. The van der Waals surface area contributed by atoms with Crippen molar-refractivity contribution in [2.45, 2.75) is 32.9 Å². The number of hydrogen-bond donors (Lipinski definition) is 2. The second-order valence-corrected chi connectivity index (χ2v) is 8.58. The van der Waals surface area contributed by atoms with Gasteiger partial charge >= 0.3 is 0 Å². The van der Waals surface area contributed by atoms with E-state index < -0.39 is 0 Å². The fourth-order valence-electron chi connectivity index (χ4n) is 3.60. The van der Waals surface area contributed by atoms with E-state index in [0.29, 0.717) is 41.3 Å². The number of aryl methyl sites for hydroxylation is 1. The van der Waals surface area contributed by atoms with Crippen LogP contribution < -0.4 is 14.8 Å². The monoisotopic (exact) mass is 483 g/mol. The van der Waals surface area contributed by atoms with Crippen LogP contribution in [0.3, 0.4) is 0 Å². The Morgan fingerprint density at radius 2 is 1.79 bits per heavy atom. The third kappa shape index (κ3) is 6.41. The van der Waals surface area contributed by atoms with E-state index in [1.54, 1.807) is 0 Å². The summed E-state index contributed by atoms with van der Waals surface area (Å²) in [6, 6.07) is 19.5. The number of nitrogens with one attached hydrogen (secondary N) is 2. The minimum absolute atomic E-state index is 0.385. The number of imidazole rings is 1. The lowest BCUT2D eigenvalue weighted by molar-refractivity contribution is 0.269. The number of fused-ring (bicyclic) bond motifs is 1. The summed E-state index contributed by atoms with van der Waals surface area (Å²) in [6.45, 7) is 4.42. The Balaban J connectivity index is 1.31. The van der Waals surface area contributed by atoms with Crippen LogP contribution >= 0.6 is 23.2 Å². The first-order chi connectivity index (χ1) is 16.1. The zero-order valence-electron chi connectivity index (χ0n) is 18.5. The summed E-state index contributed by atoms with van der Waals surface area (Å²) >= 11 is 12.5. The Morgan fingerprint density at radius 1 is 0.970 bits per heavy atom. The van der Waals surface area contributed by atoms with Gasteiger partial charge in [0.15, 0.2) is 11.5 Å². The Morgan fingerprint density at radius 3 is 2.58 bits per heavy atom. The van der Waals surface area contributed by atoms with Crippen molar-refractivity contribution in [2.24, 2.45) is 0 Å². The average molecular weight is 484 g/mol. The Labute approximate surface area is 204 Å². The van der Waals surface area contributed by atoms with Crippen LogP contribution in [-0.2, 0) is 19.6 Å². The van der Waals surface area contributed by atoms with Crippen molar-refractivity contribution < 1.29 is 9.47 Å². The molecule has 0 saturated carbocycles. The van der Waals surface area contributed by atoms with Gasteiger partial charge in [-0.25, -0.2) is 4.98 Å². The molecule has 3 aromatic carbocycles. The molecular formula is C26H27Cl2N3O2. The number of halogens is 2. The maximum atomic E-state index is 6.55. The first-order valence-electron chi connectivity index (χ1n) is 11.1. The third-order valence-corrected chi connectivity index (χ3v) is 5.73. The molecule has 5 nitrogen and oxygen atoms in total. The van der Waals surface area contributed by atoms with Crippen molar-refractivity contribution in [3.63, 3.8) is 0 Å². The summed E-state index contributed by atoms with van der Waals surface area (Å²) in [7, 11) is 0. The lowest BCUT2D eigenvalue weighted by atomic mass is 10.2. The maximum Gasteiger partial charge on any atom is 0.180 e. The van der Waals surface area contributed by atoms with E-state index >= 15 is 0 Å². The van der Waals surface area contributed by atoms with Gasteiger partial charge in [-0.15, -0.1) is 0 Å². The van der Waals surface area contributed by atoms with Crippen LogP contribution in [0, 0.1) is 0 Å². The number of hydrogen-bond acceptors (Lipinski definition) is 4. The minimum atomic E-state index is 0.385. The molecule has 0 unspecified atom stereocenters. The molecule has 0 saturated heterocycles. The topological polar surface area (TPSA) is 59.2 Å². The number of aromatic nitrogens is 2. The summed E-state index contributed by atoms with van der Waals surface area (Å²) in [5.41, 5.74) is 4.15. The Kier molecular flexibility index (Phi) is 8.10. The second-order valence-electron chi connectivity index (χ2n) is 7.73. The quantitative estimate of drug-likeness (QED) is 0.237. The van der Waals surface area contributed by atoms with E-state index in [9.17, 15) is 0 Å². The van der Waals surface area contributed by atoms with Crippen molar-refractivity contribution >= 4 is 34.2 Å². The molecule has 7 heteroatoms. The molecule has 0 aliphatic heterocycles. The maximum absolute atomic E-state index is 6.55. The Hall–Kier alpha value is -2.73. The predicted molar refractivity (Wildman–Crippen MR) is 135 cm³/mol. The number of rotatable bonds is 11. The van der Waals surface area contributed by atoms with Gasteiger partial charge in [-0.1, -0.05) is 47.5 Å². The second kappa shape index (κ2) is 11.4. The van der Waals surface area contributed by atoms with E-state index in [-0.39, 0.29) is 0 Å². The largest absolute Gasteiger partial charge is 0.490 e. The van der Waals surface area contributed by atoms with Gasteiger partial charge in [-0.2, -0.15) is 0 Å². The fourth-order valence-corrected chi connectivity index (χ4v) is 4.01. The molecule has 0 aliphatic carbocycles. The third-order valence-electron chi connectivity index (χ3n) is 5.20. The van der Waals surface area contributed by atoms with E-state index in [1.165, 1.54) is 0 Å². The normalized spacial score (nSPS) is 11.1. The molecule has 0 aliphatic rings. The first kappa shape index (κ1) is 23.4. The minimum Gasteiger partial charge on any atom is -0.490 e. The zero-order chi connectivity index (χ0) is 23.0. The summed E-state index contributed by atoms with van der Waals surface area (Å²) in [4.78, 5) is 8.00. The summed E-state index contributed by atoms with van der Waals surface area (Å²) in [5, 5.41) is 4.71. The zero-order valence-corrected chi connectivity index (χ0v) is 20.0. The van der Waals surface area contributed by atoms with Crippen molar-refractivity contribution in [1.82, 2.24) is 15.3 Å². The van der Waals surface area contributed by atoms with E-state index in [0.717, 1.165) is 47.4 Å². The number of para-hydroxylation sites is 2. The van der Waals surface area contributed by atoms with Gasteiger partial charge in [0.25, 0.3) is 0 Å². The average Bonchev–Trinajstić information content (AvgIpc) is 3.22. The molecule has 0 bridgehead atoms.